The van der Waals surface area contributed by atoms with Gasteiger partial charge in [-0.15, -0.1) is 0 Å². The van der Waals surface area contributed by atoms with Gasteiger partial charge in [-0.05, 0) is 49.3 Å². The monoisotopic (exact) mass is 369 g/mol. The fraction of sp³-hybridized carbons (Fsp3) is 0.611. The van der Waals surface area contributed by atoms with Crippen LogP contribution in [0.4, 0.5) is 0 Å². The highest BCUT2D eigenvalue weighted by Gasteiger charge is 2.23. The molecular formula is C18H27NO5S. The second kappa shape index (κ2) is 9.20. The van der Waals surface area contributed by atoms with Gasteiger partial charge in [-0.2, -0.15) is 0 Å². The summed E-state index contributed by atoms with van der Waals surface area (Å²) in [7, 11) is -3.32. The van der Waals surface area contributed by atoms with Crippen molar-refractivity contribution in [2.24, 2.45) is 11.7 Å². The van der Waals surface area contributed by atoms with Crippen LogP contribution in [0.5, 0.6) is 5.75 Å². The highest BCUT2D eigenvalue weighted by molar-refractivity contribution is 7.90. The van der Waals surface area contributed by atoms with Gasteiger partial charge in [0.15, 0.2) is 9.84 Å². The third-order valence-corrected chi connectivity index (χ3v) is 6.10. The average Bonchev–Trinajstić information content (AvgIpc) is 2.56. The van der Waals surface area contributed by atoms with Crippen LogP contribution < -0.4 is 10.5 Å². The number of hydrogen-bond donors (Lipinski definition) is 1. The quantitative estimate of drug-likeness (QED) is 0.720. The van der Waals surface area contributed by atoms with E-state index in [4.69, 9.17) is 15.2 Å². The zero-order valence-electron chi connectivity index (χ0n) is 14.6. The molecule has 1 atom stereocenters. The van der Waals surface area contributed by atoms with E-state index in [1.807, 2.05) is 0 Å². The van der Waals surface area contributed by atoms with E-state index >= 15 is 0 Å². The van der Waals surface area contributed by atoms with Crippen molar-refractivity contribution >= 4 is 15.7 Å². The van der Waals surface area contributed by atoms with Crippen LogP contribution in [0.2, 0.25) is 0 Å². The Hall–Kier alpha value is -1.60. The second-order valence-electron chi connectivity index (χ2n) is 6.59. The molecule has 0 aromatic heterocycles. The molecule has 1 heterocycles. The molecule has 0 bridgehead atoms. The van der Waals surface area contributed by atoms with E-state index in [1.54, 1.807) is 24.3 Å². The Balaban J connectivity index is 1.91. The second-order valence-corrected chi connectivity index (χ2v) is 8.81. The third-order valence-electron chi connectivity index (χ3n) is 4.56. The molecule has 1 fully saturated rings. The van der Waals surface area contributed by atoms with Crippen molar-refractivity contribution in [1.82, 2.24) is 0 Å². The number of ether oxygens (including phenoxy) is 2. The molecule has 0 aliphatic carbocycles. The van der Waals surface area contributed by atoms with Gasteiger partial charge in [-0.3, -0.25) is 4.79 Å². The molecule has 7 heteroatoms. The van der Waals surface area contributed by atoms with Crippen LogP contribution in [0.3, 0.4) is 0 Å². The van der Waals surface area contributed by atoms with Crippen molar-refractivity contribution in [3.05, 3.63) is 29.8 Å². The summed E-state index contributed by atoms with van der Waals surface area (Å²) in [5.74, 6) is 0.871. The largest absolute Gasteiger partial charge is 0.494 e. The fourth-order valence-corrected chi connectivity index (χ4v) is 4.26. The van der Waals surface area contributed by atoms with E-state index in [1.165, 1.54) is 6.26 Å². The Bertz CT molecular complexity index is 651. The summed E-state index contributed by atoms with van der Waals surface area (Å²) in [6, 6.07) is 7.05. The van der Waals surface area contributed by atoms with Crippen molar-refractivity contribution in [1.29, 1.82) is 0 Å². The van der Waals surface area contributed by atoms with Crippen molar-refractivity contribution in [3.8, 4) is 5.75 Å². The molecule has 0 spiro atoms. The molecule has 25 heavy (non-hydrogen) atoms. The maximum absolute atomic E-state index is 12.0. The minimum atomic E-state index is -3.32. The predicted octanol–water partition coefficient (Wildman–Crippen LogP) is 2.23. The van der Waals surface area contributed by atoms with Gasteiger partial charge in [0.2, 0.25) is 5.91 Å². The molecule has 2 rings (SSSR count). The number of carbonyl (C=O) groups excluding carboxylic acids is 1. The van der Waals surface area contributed by atoms with E-state index in [9.17, 15) is 13.2 Å². The summed E-state index contributed by atoms with van der Waals surface area (Å²) in [4.78, 5) is 11.0. The minimum Gasteiger partial charge on any atom is -0.494 e. The zero-order chi connectivity index (χ0) is 18.3. The van der Waals surface area contributed by atoms with Crippen LogP contribution >= 0.6 is 0 Å². The first-order valence-corrected chi connectivity index (χ1v) is 10.6. The van der Waals surface area contributed by atoms with Crippen LogP contribution in [0, 0.1) is 5.92 Å². The topological polar surface area (TPSA) is 95.7 Å². The summed E-state index contributed by atoms with van der Waals surface area (Å²) in [5, 5.41) is -0.726. The van der Waals surface area contributed by atoms with E-state index in [-0.39, 0.29) is 12.8 Å². The third kappa shape index (κ3) is 6.66. The zero-order valence-corrected chi connectivity index (χ0v) is 15.5. The number of amides is 1. The van der Waals surface area contributed by atoms with Crippen molar-refractivity contribution in [2.45, 2.75) is 37.4 Å². The number of hydrogen-bond acceptors (Lipinski definition) is 5. The van der Waals surface area contributed by atoms with Gasteiger partial charge >= 0.3 is 0 Å². The van der Waals surface area contributed by atoms with Crippen LogP contribution in [0.15, 0.2) is 24.3 Å². The summed E-state index contributed by atoms with van der Waals surface area (Å²) >= 11 is 0. The highest BCUT2D eigenvalue weighted by atomic mass is 32.2. The molecule has 1 aliphatic rings. The molecule has 140 valence electrons. The minimum absolute atomic E-state index is 0.0427. The van der Waals surface area contributed by atoms with Crippen molar-refractivity contribution < 1.29 is 22.7 Å². The van der Waals surface area contributed by atoms with E-state index in [0.717, 1.165) is 38.2 Å². The lowest BCUT2D eigenvalue weighted by atomic mass is 9.97. The first-order valence-electron chi connectivity index (χ1n) is 8.64. The average molecular weight is 369 g/mol. The molecule has 1 aliphatic heterocycles. The first kappa shape index (κ1) is 19.7. The Labute approximate surface area is 149 Å². The number of carbonyl (C=O) groups is 1. The van der Waals surface area contributed by atoms with E-state index in [0.29, 0.717) is 18.1 Å². The number of sulfone groups is 1. The Morgan fingerprint density at radius 1 is 1.28 bits per heavy atom. The smallest absolute Gasteiger partial charge is 0.217 e. The number of primary amides is 1. The SMILES string of the molecule is CS(=O)(=O)C(CCC(N)=O)c1ccc(OCCC2CCOCC2)cc1. The van der Waals surface area contributed by atoms with Gasteiger partial charge in [0, 0.05) is 25.9 Å². The van der Waals surface area contributed by atoms with Crippen LogP contribution in [-0.2, 0) is 19.4 Å². The normalized spacial score (nSPS) is 17.2. The lowest BCUT2D eigenvalue weighted by Gasteiger charge is -2.22. The Kier molecular flexibility index (Phi) is 7.25. The van der Waals surface area contributed by atoms with E-state index < -0.39 is 21.0 Å². The van der Waals surface area contributed by atoms with Gasteiger partial charge in [-0.25, -0.2) is 8.42 Å². The lowest BCUT2D eigenvalue weighted by molar-refractivity contribution is -0.118. The van der Waals surface area contributed by atoms with Crippen LogP contribution in [0.1, 0.15) is 42.9 Å². The summed E-state index contributed by atoms with van der Waals surface area (Å²) < 4.78 is 35.1. The number of rotatable bonds is 9. The number of nitrogens with two attached hydrogens (primary N) is 1. The lowest BCUT2D eigenvalue weighted by Crippen LogP contribution is -2.18. The van der Waals surface area contributed by atoms with Gasteiger partial charge in [-0.1, -0.05) is 12.1 Å². The fourth-order valence-electron chi connectivity index (χ4n) is 3.06. The molecule has 1 amide bonds. The standard InChI is InChI=1S/C18H27NO5S/c1-25(21,22)17(6-7-18(19)20)15-2-4-16(5-3-15)24-13-10-14-8-11-23-12-9-14/h2-5,14,17H,6-13H2,1H3,(H2,19,20). The molecule has 6 nitrogen and oxygen atoms in total. The molecule has 1 aromatic carbocycles. The van der Waals surface area contributed by atoms with Gasteiger partial charge in [0.25, 0.3) is 0 Å². The summed E-state index contributed by atoms with van der Waals surface area (Å²) in [5.41, 5.74) is 5.79. The predicted molar refractivity (Wildman–Crippen MR) is 96.1 cm³/mol. The molecular weight excluding hydrogens is 342 g/mol. The van der Waals surface area contributed by atoms with Crippen molar-refractivity contribution in [3.63, 3.8) is 0 Å². The van der Waals surface area contributed by atoms with Crippen LogP contribution in [-0.4, -0.2) is 40.4 Å². The molecule has 0 radical (unpaired) electrons. The maximum atomic E-state index is 12.0. The van der Waals surface area contributed by atoms with E-state index in [2.05, 4.69) is 0 Å². The maximum Gasteiger partial charge on any atom is 0.217 e. The van der Waals surface area contributed by atoms with Gasteiger partial charge < -0.3 is 15.2 Å². The Morgan fingerprint density at radius 3 is 2.48 bits per heavy atom. The van der Waals surface area contributed by atoms with Crippen LogP contribution in [0.25, 0.3) is 0 Å². The first-order chi connectivity index (χ1) is 11.9. The molecule has 1 saturated heterocycles. The van der Waals surface area contributed by atoms with Gasteiger partial charge in [0.1, 0.15) is 5.75 Å². The Morgan fingerprint density at radius 2 is 1.92 bits per heavy atom. The highest BCUT2D eigenvalue weighted by Crippen LogP contribution is 2.28. The molecule has 1 unspecified atom stereocenters. The van der Waals surface area contributed by atoms with Gasteiger partial charge in [0.05, 0.1) is 11.9 Å². The molecule has 1 aromatic rings. The summed E-state index contributed by atoms with van der Waals surface area (Å²) in [6.07, 6.45) is 4.57. The molecule has 2 N–H and O–H groups in total. The number of benzene rings is 1. The molecule has 0 saturated carbocycles. The summed E-state index contributed by atoms with van der Waals surface area (Å²) in [6.45, 7) is 2.30. The van der Waals surface area contributed by atoms with Crippen molar-refractivity contribution in [2.75, 3.05) is 26.1 Å².